The van der Waals surface area contributed by atoms with Crippen molar-refractivity contribution in [2.45, 2.75) is 6.92 Å². The van der Waals surface area contributed by atoms with E-state index in [1.807, 2.05) is 42.5 Å². The number of para-hydroxylation sites is 1. The molecule has 1 aromatic heterocycles. The Bertz CT molecular complexity index is 719. The van der Waals surface area contributed by atoms with Crippen LogP contribution in [0.15, 0.2) is 54.6 Å². The predicted octanol–water partition coefficient (Wildman–Crippen LogP) is 4.86. The Balaban J connectivity index is 2.24. The molecule has 0 spiro atoms. The van der Waals surface area contributed by atoms with E-state index in [0.717, 1.165) is 21.8 Å². The summed E-state index contributed by atoms with van der Waals surface area (Å²) < 4.78 is 0. The van der Waals surface area contributed by atoms with Gasteiger partial charge >= 0.3 is 0 Å². The van der Waals surface area contributed by atoms with Crippen LogP contribution in [0.2, 0.25) is 5.02 Å². The third kappa shape index (κ3) is 1.98. The minimum Gasteiger partial charge on any atom is -0.248 e. The molecule has 0 N–H and O–H groups in total. The molecular formula is C16H12ClN. The summed E-state index contributed by atoms with van der Waals surface area (Å²) in [7, 11) is 0. The standard InChI is InChI=1S/C16H12ClN/c1-11-9-16(12-5-4-6-13(17)10-12)18-15-8-3-2-7-14(11)15/h2-10H,1H3. The van der Waals surface area contributed by atoms with Crippen molar-refractivity contribution in [1.82, 2.24) is 4.98 Å². The molecule has 88 valence electrons. The number of fused-ring (bicyclic) bond motifs is 1. The lowest BCUT2D eigenvalue weighted by Gasteiger charge is -2.06. The van der Waals surface area contributed by atoms with Crippen molar-refractivity contribution in [3.05, 3.63) is 65.2 Å². The molecule has 0 saturated heterocycles. The van der Waals surface area contributed by atoms with Crippen LogP contribution in [0.25, 0.3) is 22.2 Å². The molecule has 0 aliphatic rings. The van der Waals surface area contributed by atoms with Crippen molar-refractivity contribution in [2.24, 2.45) is 0 Å². The maximum Gasteiger partial charge on any atom is 0.0712 e. The molecule has 0 amide bonds. The number of nitrogens with zero attached hydrogens (tertiary/aromatic N) is 1. The highest BCUT2D eigenvalue weighted by Crippen LogP contribution is 2.25. The molecule has 2 heteroatoms. The average molecular weight is 254 g/mol. The van der Waals surface area contributed by atoms with Gasteiger partial charge in [-0.2, -0.15) is 0 Å². The fourth-order valence-electron chi connectivity index (χ4n) is 2.15. The summed E-state index contributed by atoms with van der Waals surface area (Å²) in [5, 5.41) is 1.93. The molecule has 0 fully saturated rings. The van der Waals surface area contributed by atoms with Crippen LogP contribution in [-0.2, 0) is 0 Å². The van der Waals surface area contributed by atoms with Crippen LogP contribution in [0.1, 0.15) is 5.56 Å². The van der Waals surface area contributed by atoms with Gasteiger partial charge in [-0.25, -0.2) is 4.98 Å². The third-order valence-corrected chi connectivity index (χ3v) is 3.28. The molecule has 0 saturated carbocycles. The number of pyridine rings is 1. The lowest BCUT2D eigenvalue weighted by Crippen LogP contribution is -1.88. The summed E-state index contributed by atoms with van der Waals surface area (Å²) in [4.78, 5) is 4.69. The highest BCUT2D eigenvalue weighted by Gasteiger charge is 2.04. The molecule has 1 nitrogen and oxygen atoms in total. The molecule has 2 aromatic carbocycles. The number of rotatable bonds is 1. The van der Waals surface area contributed by atoms with E-state index in [2.05, 4.69) is 24.0 Å². The molecular weight excluding hydrogens is 242 g/mol. The second-order valence-electron chi connectivity index (χ2n) is 4.35. The summed E-state index contributed by atoms with van der Waals surface area (Å²) in [5.74, 6) is 0. The van der Waals surface area contributed by atoms with Crippen molar-refractivity contribution in [2.75, 3.05) is 0 Å². The highest BCUT2D eigenvalue weighted by molar-refractivity contribution is 6.30. The first kappa shape index (κ1) is 11.2. The molecule has 0 atom stereocenters. The summed E-state index contributed by atoms with van der Waals surface area (Å²) in [6, 6.07) is 18.1. The van der Waals surface area contributed by atoms with Gasteiger partial charge in [-0.05, 0) is 36.8 Å². The Morgan fingerprint density at radius 2 is 1.78 bits per heavy atom. The van der Waals surface area contributed by atoms with Crippen molar-refractivity contribution >= 4 is 22.5 Å². The Labute approximate surface area is 111 Å². The first-order valence-corrected chi connectivity index (χ1v) is 6.24. The first-order chi connectivity index (χ1) is 8.74. The number of hydrogen-bond acceptors (Lipinski definition) is 1. The van der Waals surface area contributed by atoms with Gasteiger partial charge in [-0.15, -0.1) is 0 Å². The van der Waals surface area contributed by atoms with Gasteiger partial charge in [0.1, 0.15) is 0 Å². The van der Waals surface area contributed by atoms with Gasteiger partial charge in [0.05, 0.1) is 11.2 Å². The van der Waals surface area contributed by atoms with Crippen molar-refractivity contribution in [3.63, 3.8) is 0 Å². The molecule has 0 aliphatic carbocycles. The van der Waals surface area contributed by atoms with Gasteiger partial charge in [0, 0.05) is 16.0 Å². The van der Waals surface area contributed by atoms with Crippen LogP contribution in [0.4, 0.5) is 0 Å². The van der Waals surface area contributed by atoms with E-state index in [9.17, 15) is 0 Å². The third-order valence-electron chi connectivity index (χ3n) is 3.04. The Hall–Kier alpha value is -1.86. The number of aryl methyl sites for hydroxylation is 1. The Kier molecular flexibility index (Phi) is 2.77. The van der Waals surface area contributed by atoms with E-state index in [4.69, 9.17) is 11.6 Å². The van der Waals surface area contributed by atoms with E-state index < -0.39 is 0 Å². The zero-order chi connectivity index (χ0) is 12.5. The highest BCUT2D eigenvalue weighted by atomic mass is 35.5. The summed E-state index contributed by atoms with van der Waals surface area (Å²) in [6.45, 7) is 2.11. The maximum absolute atomic E-state index is 6.02. The lowest BCUT2D eigenvalue weighted by atomic mass is 10.1. The van der Waals surface area contributed by atoms with Gasteiger partial charge in [0.2, 0.25) is 0 Å². The van der Waals surface area contributed by atoms with E-state index in [0.29, 0.717) is 0 Å². The summed E-state index contributed by atoms with van der Waals surface area (Å²) >= 11 is 6.02. The van der Waals surface area contributed by atoms with E-state index in [-0.39, 0.29) is 0 Å². The smallest absolute Gasteiger partial charge is 0.0712 e. The van der Waals surface area contributed by atoms with Crippen LogP contribution < -0.4 is 0 Å². The zero-order valence-corrected chi connectivity index (χ0v) is 10.8. The maximum atomic E-state index is 6.02. The average Bonchev–Trinajstić information content (AvgIpc) is 2.39. The number of halogens is 1. The first-order valence-electron chi connectivity index (χ1n) is 5.86. The molecule has 0 radical (unpaired) electrons. The predicted molar refractivity (Wildman–Crippen MR) is 76.9 cm³/mol. The fourth-order valence-corrected chi connectivity index (χ4v) is 2.34. The minimum absolute atomic E-state index is 0.736. The molecule has 18 heavy (non-hydrogen) atoms. The zero-order valence-electron chi connectivity index (χ0n) is 10.0. The molecule has 0 bridgehead atoms. The monoisotopic (exact) mass is 253 g/mol. The SMILES string of the molecule is Cc1cc(-c2cccc(Cl)c2)nc2ccccc12. The van der Waals surface area contributed by atoms with Crippen molar-refractivity contribution in [1.29, 1.82) is 0 Å². The molecule has 3 rings (SSSR count). The molecule has 1 heterocycles. The van der Waals surface area contributed by atoms with Gasteiger partial charge in [-0.3, -0.25) is 0 Å². The van der Waals surface area contributed by atoms with Crippen LogP contribution in [-0.4, -0.2) is 4.98 Å². The van der Waals surface area contributed by atoms with Gasteiger partial charge < -0.3 is 0 Å². The van der Waals surface area contributed by atoms with E-state index >= 15 is 0 Å². The van der Waals surface area contributed by atoms with Crippen LogP contribution in [0, 0.1) is 6.92 Å². The molecule has 3 aromatic rings. The van der Waals surface area contributed by atoms with Crippen molar-refractivity contribution < 1.29 is 0 Å². The second-order valence-corrected chi connectivity index (χ2v) is 4.79. The van der Waals surface area contributed by atoms with Crippen LogP contribution in [0.3, 0.4) is 0 Å². The normalized spacial score (nSPS) is 10.8. The summed E-state index contributed by atoms with van der Waals surface area (Å²) in [6.07, 6.45) is 0. The number of hydrogen-bond donors (Lipinski definition) is 0. The van der Waals surface area contributed by atoms with Crippen LogP contribution >= 0.6 is 11.6 Å². The Morgan fingerprint density at radius 3 is 2.61 bits per heavy atom. The fraction of sp³-hybridized carbons (Fsp3) is 0.0625. The number of aromatic nitrogens is 1. The topological polar surface area (TPSA) is 12.9 Å². The largest absolute Gasteiger partial charge is 0.248 e. The van der Waals surface area contributed by atoms with Gasteiger partial charge in [0.25, 0.3) is 0 Å². The van der Waals surface area contributed by atoms with E-state index in [1.54, 1.807) is 0 Å². The minimum atomic E-state index is 0.736. The molecule has 0 aliphatic heterocycles. The van der Waals surface area contributed by atoms with E-state index in [1.165, 1.54) is 10.9 Å². The quantitative estimate of drug-likeness (QED) is 0.603. The Morgan fingerprint density at radius 1 is 0.944 bits per heavy atom. The lowest BCUT2D eigenvalue weighted by molar-refractivity contribution is 1.36. The van der Waals surface area contributed by atoms with Crippen molar-refractivity contribution in [3.8, 4) is 11.3 Å². The summed E-state index contributed by atoms with van der Waals surface area (Å²) in [5.41, 5.74) is 4.27. The van der Waals surface area contributed by atoms with Gasteiger partial charge in [0.15, 0.2) is 0 Å². The number of benzene rings is 2. The second kappa shape index (κ2) is 4.43. The molecule has 0 unspecified atom stereocenters. The van der Waals surface area contributed by atoms with Gasteiger partial charge in [-0.1, -0.05) is 41.9 Å². The van der Waals surface area contributed by atoms with Crippen LogP contribution in [0.5, 0.6) is 0 Å².